The molecule has 2 saturated heterocycles. The van der Waals surface area contributed by atoms with Crippen molar-refractivity contribution in [3.05, 3.63) is 0 Å². The molecule has 0 aliphatic carbocycles. The van der Waals surface area contributed by atoms with Crippen molar-refractivity contribution < 1.29 is 4.74 Å². The van der Waals surface area contributed by atoms with Gasteiger partial charge in [0.2, 0.25) is 0 Å². The van der Waals surface area contributed by atoms with E-state index in [-0.39, 0.29) is 0 Å². The summed E-state index contributed by atoms with van der Waals surface area (Å²) in [7, 11) is 0. The summed E-state index contributed by atoms with van der Waals surface area (Å²) >= 11 is 0. The van der Waals surface area contributed by atoms with Crippen LogP contribution in [0, 0.1) is 5.92 Å². The first-order valence-corrected chi connectivity index (χ1v) is 6.22. The molecular formula is C12H23NO. The van der Waals surface area contributed by atoms with Gasteiger partial charge in [-0.2, -0.15) is 0 Å². The maximum absolute atomic E-state index is 5.40. The van der Waals surface area contributed by atoms with E-state index in [1.165, 1.54) is 45.2 Å². The minimum atomic E-state index is 0.887. The highest BCUT2D eigenvalue weighted by Gasteiger charge is 2.25. The van der Waals surface area contributed by atoms with Crippen LogP contribution in [0.3, 0.4) is 0 Å². The third kappa shape index (κ3) is 2.48. The fourth-order valence-corrected chi connectivity index (χ4v) is 2.86. The largest absolute Gasteiger partial charge is 0.381 e. The Morgan fingerprint density at radius 1 is 1.21 bits per heavy atom. The van der Waals surface area contributed by atoms with Crippen molar-refractivity contribution in [1.29, 1.82) is 0 Å². The molecule has 0 aromatic heterocycles. The van der Waals surface area contributed by atoms with Gasteiger partial charge in [0.05, 0.1) is 0 Å². The van der Waals surface area contributed by atoms with Crippen LogP contribution in [-0.2, 0) is 4.74 Å². The van der Waals surface area contributed by atoms with Gasteiger partial charge in [0, 0.05) is 25.8 Å². The van der Waals surface area contributed by atoms with Crippen LogP contribution < -0.4 is 0 Å². The van der Waals surface area contributed by atoms with Crippen LogP contribution in [-0.4, -0.2) is 37.2 Å². The van der Waals surface area contributed by atoms with E-state index >= 15 is 0 Å². The molecule has 0 aromatic carbocycles. The molecule has 2 nitrogen and oxygen atoms in total. The summed E-state index contributed by atoms with van der Waals surface area (Å²) in [6, 6.07) is 0.887. The van der Waals surface area contributed by atoms with Crippen molar-refractivity contribution >= 4 is 0 Å². The molecule has 82 valence electrons. The zero-order chi connectivity index (χ0) is 9.80. The van der Waals surface area contributed by atoms with E-state index in [0.29, 0.717) is 0 Å². The predicted molar refractivity (Wildman–Crippen MR) is 58.4 cm³/mol. The van der Waals surface area contributed by atoms with Crippen molar-refractivity contribution in [1.82, 2.24) is 4.90 Å². The molecule has 0 amide bonds. The molecule has 2 rings (SSSR count). The average molecular weight is 197 g/mol. The first kappa shape index (κ1) is 10.4. The highest BCUT2D eigenvalue weighted by Crippen LogP contribution is 2.24. The molecule has 2 aliphatic heterocycles. The maximum atomic E-state index is 5.40. The van der Waals surface area contributed by atoms with Crippen molar-refractivity contribution in [2.75, 3.05) is 26.3 Å². The lowest BCUT2D eigenvalue weighted by atomic mass is 9.99. The van der Waals surface area contributed by atoms with Crippen molar-refractivity contribution in [2.45, 2.75) is 45.1 Å². The summed E-state index contributed by atoms with van der Waals surface area (Å²) in [6.07, 6.45) is 6.75. The highest BCUT2D eigenvalue weighted by atomic mass is 16.5. The molecule has 2 aliphatic rings. The van der Waals surface area contributed by atoms with Crippen LogP contribution >= 0.6 is 0 Å². The van der Waals surface area contributed by atoms with Gasteiger partial charge < -0.3 is 9.64 Å². The van der Waals surface area contributed by atoms with Crippen LogP contribution in [0.4, 0.5) is 0 Å². The molecule has 2 fully saturated rings. The van der Waals surface area contributed by atoms with Gasteiger partial charge in [-0.15, -0.1) is 0 Å². The number of hydrogen-bond acceptors (Lipinski definition) is 2. The molecule has 1 atom stereocenters. The summed E-state index contributed by atoms with van der Waals surface area (Å²) in [5, 5.41) is 0. The Bertz CT molecular complexity index is 166. The summed E-state index contributed by atoms with van der Waals surface area (Å²) in [4.78, 5) is 2.72. The molecule has 0 unspecified atom stereocenters. The third-order valence-electron chi connectivity index (χ3n) is 3.80. The van der Waals surface area contributed by atoms with Gasteiger partial charge in [-0.25, -0.2) is 0 Å². The third-order valence-corrected chi connectivity index (χ3v) is 3.80. The Kier molecular flexibility index (Phi) is 3.82. The Hall–Kier alpha value is -0.0800. The minimum Gasteiger partial charge on any atom is -0.381 e. The van der Waals surface area contributed by atoms with Gasteiger partial charge in [0.1, 0.15) is 0 Å². The van der Waals surface area contributed by atoms with Gasteiger partial charge in [0.15, 0.2) is 0 Å². The van der Waals surface area contributed by atoms with Gasteiger partial charge in [-0.1, -0.05) is 6.92 Å². The number of ether oxygens (including phenoxy) is 1. The smallest absolute Gasteiger partial charge is 0.0469 e. The molecule has 0 aromatic rings. The summed E-state index contributed by atoms with van der Waals surface area (Å²) in [5.41, 5.74) is 0. The van der Waals surface area contributed by atoms with E-state index in [1.54, 1.807) is 0 Å². The average Bonchev–Trinajstić information content (AvgIpc) is 2.67. The molecule has 0 radical (unpaired) electrons. The van der Waals surface area contributed by atoms with E-state index < -0.39 is 0 Å². The van der Waals surface area contributed by atoms with Gasteiger partial charge in [0.25, 0.3) is 0 Å². The Labute approximate surface area is 87.6 Å². The Balaban J connectivity index is 1.77. The van der Waals surface area contributed by atoms with E-state index in [0.717, 1.165) is 25.2 Å². The zero-order valence-corrected chi connectivity index (χ0v) is 9.37. The summed E-state index contributed by atoms with van der Waals surface area (Å²) in [5.74, 6) is 0.913. The molecule has 0 bridgehead atoms. The molecule has 14 heavy (non-hydrogen) atoms. The normalized spacial score (nSPS) is 31.1. The molecule has 0 spiro atoms. The van der Waals surface area contributed by atoms with Crippen LogP contribution in [0.2, 0.25) is 0 Å². The number of rotatable bonds is 3. The van der Waals surface area contributed by atoms with E-state index in [9.17, 15) is 0 Å². The summed E-state index contributed by atoms with van der Waals surface area (Å²) < 4.78 is 5.40. The Morgan fingerprint density at radius 2 is 2.00 bits per heavy atom. The highest BCUT2D eigenvalue weighted by molar-refractivity contribution is 4.80. The van der Waals surface area contributed by atoms with E-state index in [4.69, 9.17) is 4.74 Å². The van der Waals surface area contributed by atoms with E-state index in [1.807, 2.05) is 0 Å². The first-order chi connectivity index (χ1) is 6.90. The maximum Gasteiger partial charge on any atom is 0.0469 e. The first-order valence-electron chi connectivity index (χ1n) is 6.22. The number of hydrogen-bond donors (Lipinski definition) is 0. The molecule has 2 heteroatoms. The molecule has 0 saturated carbocycles. The second-order valence-electron chi connectivity index (χ2n) is 4.75. The SMILES string of the molecule is CC[C@@H]1CCCN1CC1CCOCC1. The van der Waals surface area contributed by atoms with Crippen LogP contribution in [0.1, 0.15) is 39.0 Å². The van der Waals surface area contributed by atoms with Crippen LogP contribution in [0.15, 0.2) is 0 Å². The fourth-order valence-electron chi connectivity index (χ4n) is 2.86. The lowest BCUT2D eigenvalue weighted by Gasteiger charge is -2.30. The van der Waals surface area contributed by atoms with E-state index in [2.05, 4.69) is 11.8 Å². The van der Waals surface area contributed by atoms with Crippen LogP contribution in [0.5, 0.6) is 0 Å². The molecular weight excluding hydrogens is 174 g/mol. The van der Waals surface area contributed by atoms with Crippen molar-refractivity contribution in [2.24, 2.45) is 5.92 Å². The van der Waals surface area contributed by atoms with Gasteiger partial charge in [-0.05, 0) is 44.6 Å². The standard InChI is InChI=1S/C12H23NO/c1-2-12-4-3-7-13(12)10-11-5-8-14-9-6-11/h11-12H,2-10H2,1H3/t12-/m1/s1. The number of nitrogens with zero attached hydrogens (tertiary/aromatic N) is 1. The predicted octanol–water partition coefficient (Wildman–Crippen LogP) is 2.29. The lowest BCUT2D eigenvalue weighted by molar-refractivity contribution is 0.0505. The topological polar surface area (TPSA) is 12.5 Å². The monoisotopic (exact) mass is 197 g/mol. The quantitative estimate of drug-likeness (QED) is 0.688. The summed E-state index contributed by atoms with van der Waals surface area (Å²) in [6.45, 7) is 7.00. The van der Waals surface area contributed by atoms with Crippen LogP contribution in [0.25, 0.3) is 0 Å². The molecule has 2 heterocycles. The Morgan fingerprint density at radius 3 is 2.71 bits per heavy atom. The number of likely N-dealkylation sites (tertiary alicyclic amines) is 1. The van der Waals surface area contributed by atoms with Crippen molar-refractivity contribution in [3.63, 3.8) is 0 Å². The van der Waals surface area contributed by atoms with Gasteiger partial charge >= 0.3 is 0 Å². The zero-order valence-electron chi connectivity index (χ0n) is 9.37. The molecule has 0 N–H and O–H groups in total. The fraction of sp³-hybridized carbons (Fsp3) is 1.00. The van der Waals surface area contributed by atoms with Gasteiger partial charge in [-0.3, -0.25) is 0 Å². The second kappa shape index (κ2) is 5.13. The minimum absolute atomic E-state index is 0.887. The second-order valence-corrected chi connectivity index (χ2v) is 4.75. The lowest BCUT2D eigenvalue weighted by Crippen LogP contribution is -2.35. The van der Waals surface area contributed by atoms with Crippen molar-refractivity contribution in [3.8, 4) is 0 Å².